The zero-order valence-corrected chi connectivity index (χ0v) is 15.2. The lowest BCUT2D eigenvalue weighted by Crippen LogP contribution is -2.36. The van der Waals surface area contributed by atoms with E-state index in [-0.39, 0.29) is 18.3 Å². The maximum absolute atomic E-state index is 12.2. The highest BCUT2D eigenvalue weighted by Crippen LogP contribution is 2.24. The summed E-state index contributed by atoms with van der Waals surface area (Å²) in [5.74, 6) is 1.07. The van der Waals surface area contributed by atoms with Crippen LogP contribution in [0.3, 0.4) is 0 Å². The number of carbonyl (C=O) groups is 1. The van der Waals surface area contributed by atoms with Gasteiger partial charge in [-0.1, -0.05) is 47.1 Å². The summed E-state index contributed by atoms with van der Waals surface area (Å²) in [6.45, 7) is 3.72. The Morgan fingerprint density at radius 2 is 1.96 bits per heavy atom. The third-order valence-electron chi connectivity index (χ3n) is 3.76. The molecule has 1 unspecified atom stereocenters. The largest absolute Gasteiger partial charge is 0.481 e. The molecule has 7 heteroatoms. The number of hydrogen-bond donors (Lipinski definition) is 1. The van der Waals surface area contributed by atoms with Crippen molar-refractivity contribution in [2.24, 2.45) is 0 Å². The van der Waals surface area contributed by atoms with E-state index in [1.54, 1.807) is 19.1 Å². The summed E-state index contributed by atoms with van der Waals surface area (Å²) >= 11 is 6.12. The van der Waals surface area contributed by atoms with Gasteiger partial charge < -0.3 is 14.6 Å². The smallest absolute Gasteiger partial charge is 0.261 e. The van der Waals surface area contributed by atoms with Gasteiger partial charge in [0.2, 0.25) is 11.7 Å². The zero-order chi connectivity index (χ0) is 18.5. The van der Waals surface area contributed by atoms with Crippen LogP contribution >= 0.6 is 11.6 Å². The second kappa shape index (κ2) is 8.01. The number of benzene rings is 2. The molecule has 1 aromatic heterocycles. The minimum absolute atomic E-state index is 0.109. The van der Waals surface area contributed by atoms with Crippen LogP contribution in [-0.2, 0) is 11.3 Å². The maximum Gasteiger partial charge on any atom is 0.261 e. The lowest BCUT2D eigenvalue weighted by molar-refractivity contribution is -0.127. The first kappa shape index (κ1) is 17.9. The summed E-state index contributed by atoms with van der Waals surface area (Å²) in [4.78, 5) is 16.5. The molecule has 0 bridgehead atoms. The fraction of sp³-hybridized carbons (Fsp3) is 0.211. The van der Waals surface area contributed by atoms with Crippen molar-refractivity contribution in [3.63, 3.8) is 0 Å². The van der Waals surface area contributed by atoms with Crippen molar-refractivity contribution in [3.05, 3.63) is 65.0 Å². The van der Waals surface area contributed by atoms with Crippen LogP contribution in [0.4, 0.5) is 0 Å². The molecule has 1 amide bonds. The van der Waals surface area contributed by atoms with Gasteiger partial charge in [0.1, 0.15) is 5.75 Å². The number of para-hydroxylation sites is 1. The minimum Gasteiger partial charge on any atom is -0.481 e. The van der Waals surface area contributed by atoms with Gasteiger partial charge in [-0.15, -0.1) is 0 Å². The SMILES string of the molecule is Cc1ccccc1OC(C)C(=O)NCc1nc(-c2ccccc2Cl)no1. The Kier molecular flexibility index (Phi) is 5.53. The number of ether oxygens (including phenoxy) is 1. The number of hydrogen-bond acceptors (Lipinski definition) is 5. The zero-order valence-electron chi connectivity index (χ0n) is 14.4. The van der Waals surface area contributed by atoms with E-state index < -0.39 is 6.10 Å². The van der Waals surface area contributed by atoms with Gasteiger partial charge >= 0.3 is 0 Å². The van der Waals surface area contributed by atoms with Gasteiger partial charge in [0, 0.05) is 5.56 Å². The van der Waals surface area contributed by atoms with Gasteiger partial charge in [-0.25, -0.2) is 0 Å². The molecule has 0 fully saturated rings. The van der Waals surface area contributed by atoms with Crippen molar-refractivity contribution >= 4 is 17.5 Å². The third kappa shape index (κ3) is 4.21. The van der Waals surface area contributed by atoms with Crippen LogP contribution in [-0.4, -0.2) is 22.2 Å². The van der Waals surface area contributed by atoms with E-state index in [2.05, 4.69) is 15.5 Å². The predicted octanol–water partition coefficient (Wildman–Crippen LogP) is 3.78. The average molecular weight is 372 g/mol. The Labute approximate surface area is 156 Å². The molecule has 1 N–H and O–H groups in total. The second-order valence-electron chi connectivity index (χ2n) is 5.73. The molecule has 0 aliphatic heterocycles. The van der Waals surface area contributed by atoms with Crippen LogP contribution in [0.25, 0.3) is 11.4 Å². The molecule has 3 aromatic rings. The Morgan fingerprint density at radius 1 is 1.23 bits per heavy atom. The molecule has 26 heavy (non-hydrogen) atoms. The Morgan fingerprint density at radius 3 is 2.73 bits per heavy atom. The molecule has 6 nitrogen and oxygen atoms in total. The first-order valence-corrected chi connectivity index (χ1v) is 8.50. The van der Waals surface area contributed by atoms with Crippen molar-refractivity contribution < 1.29 is 14.1 Å². The fourth-order valence-electron chi connectivity index (χ4n) is 2.32. The van der Waals surface area contributed by atoms with Gasteiger partial charge in [-0.05, 0) is 37.6 Å². The normalized spacial score (nSPS) is 11.8. The second-order valence-corrected chi connectivity index (χ2v) is 6.14. The molecular formula is C19H18ClN3O3. The van der Waals surface area contributed by atoms with Crippen LogP contribution in [0.1, 0.15) is 18.4 Å². The van der Waals surface area contributed by atoms with Crippen molar-refractivity contribution in [1.29, 1.82) is 0 Å². The highest BCUT2D eigenvalue weighted by molar-refractivity contribution is 6.33. The van der Waals surface area contributed by atoms with Crippen LogP contribution in [0.5, 0.6) is 5.75 Å². The highest BCUT2D eigenvalue weighted by Gasteiger charge is 2.17. The van der Waals surface area contributed by atoms with Crippen LogP contribution in [0.2, 0.25) is 5.02 Å². The summed E-state index contributed by atoms with van der Waals surface area (Å²) in [7, 11) is 0. The first-order chi connectivity index (χ1) is 12.5. The van der Waals surface area contributed by atoms with E-state index in [0.717, 1.165) is 5.56 Å². The number of nitrogens with zero attached hydrogens (tertiary/aromatic N) is 2. The maximum atomic E-state index is 12.2. The standard InChI is InChI=1S/C19H18ClN3O3/c1-12-7-3-6-10-16(12)25-13(2)19(24)21-11-17-22-18(23-26-17)14-8-4-5-9-15(14)20/h3-10,13H,11H2,1-2H3,(H,21,24). The van der Waals surface area contributed by atoms with Gasteiger partial charge in [-0.2, -0.15) is 4.98 Å². The van der Waals surface area contributed by atoms with Crippen LogP contribution in [0.15, 0.2) is 53.1 Å². The predicted molar refractivity (Wildman–Crippen MR) is 97.9 cm³/mol. The van der Waals surface area contributed by atoms with E-state index >= 15 is 0 Å². The first-order valence-electron chi connectivity index (χ1n) is 8.12. The Balaban J connectivity index is 1.58. The molecule has 1 heterocycles. The lowest BCUT2D eigenvalue weighted by Gasteiger charge is -2.15. The average Bonchev–Trinajstić information content (AvgIpc) is 3.10. The monoisotopic (exact) mass is 371 g/mol. The minimum atomic E-state index is -0.651. The topological polar surface area (TPSA) is 77.2 Å². The molecule has 0 aliphatic rings. The summed E-state index contributed by atoms with van der Waals surface area (Å²) in [5.41, 5.74) is 1.64. The quantitative estimate of drug-likeness (QED) is 0.713. The number of rotatable bonds is 6. The number of halogens is 1. The molecule has 1 atom stereocenters. The highest BCUT2D eigenvalue weighted by atomic mass is 35.5. The van der Waals surface area contributed by atoms with Gasteiger partial charge in [-0.3, -0.25) is 4.79 Å². The molecule has 0 saturated carbocycles. The Hall–Kier alpha value is -2.86. The van der Waals surface area contributed by atoms with E-state index in [1.807, 2.05) is 43.3 Å². The molecular weight excluding hydrogens is 354 g/mol. The Bertz CT molecular complexity index is 910. The molecule has 3 rings (SSSR count). The summed E-state index contributed by atoms with van der Waals surface area (Å²) in [5, 5.41) is 7.15. The van der Waals surface area contributed by atoms with Crippen molar-refractivity contribution in [2.75, 3.05) is 0 Å². The number of amides is 1. The summed E-state index contributed by atoms with van der Waals surface area (Å²) in [6, 6.07) is 14.7. The van der Waals surface area contributed by atoms with Crippen molar-refractivity contribution in [3.8, 4) is 17.1 Å². The summed E-state index contributed by atoms with van der Waals surface area (Å²) < 4.78 is 10.9. The molecule has 0 saturated heterocycles. The molecule has 0 spiro atoms. The van der Waals surface area contributed by atoms with Crippen molar-refractivity contribution in [2.45, 2.75) is 26.5 Å². The van der Waals surface area contributed by atoms with Gasteiger partial charge in [0.15, 0.2) is 6.10 Å². The lowest BCUT2D eigenvalue weighted by atomic mass is 10.2. The fourth-order valence-corrected chi connectivity index (χ4v) is 2.54. The van der Waals surface area contributed by atoms with Gasteiger partial charge in [0.25, 0.3) is 5.91 Å². The van der Waals surface area contributed by atoms with Crippen LogP contribution < -0.4 is 10.1 Å². The van der Waals surface area contributed by atoms with E-state index in [1.165, 1.54) is 0 Å². The summed E-state index contributed by atoms with van der Waals surface area (Å²) in [6.07, 6.45) is -0.651. The van der Waals surface area contributed by atoms with E-state index in [0.29, 0.717) is 22.2 Å². The molecule has 0 radical (unpaired) electrons. The molecule has 2 aromatic carbocycles. The van der Waals surface area contributed by atoms with E-state index in [9.17, 15) is 4.79 Å². The number of nitrogens with one attached hydrogen (secondary N) is 1. The van der Waals surface area contributed by atoms with Crippen LogP contribution in [0, 0.1) is 6.92 Å². The third-order valence-corrected chi connectivity index (χ3v) is 4.09. The van der Waals surface area contributed by atoms with E-state index in [4.69, 9.17) is 20.9 Å². The number of carbonyl (C=O) groups excluding carboxylic acids is 1. The number of aromatic nitrogens is 2. The van der Waals surface area contributed by atoms with Gasteiger partial charge in [0.05, 0.1) is 11.6 Å². The molecule has 134 valence electrons. The van der Waals surface area contributed by atoms with Crippen molar-refractivity contribution in [1.82, 2.24) is 15.5 Å². The molecule has 0 aliphatic carbocycles. The number of aryl methyl sites for hydroxylation is 1.